The van der Waals surface area contributed by atoms with Crippen LogP contribution in [0.4, 0.5) is 0 Å². The van der Waals surface area contributed by atoms with E-state index < -0.39 is 5.97 Å². The van der Waals surface area contributed by atoms with E-state index in [0.29, 0.717) is 12.2 Å². The van der Waals surface area contributed by atoms with E-state index in [1.165, 1.54) is 5.56 Å². The summed E-state index contributed by atoms with van der Waals surface area (Å²) in [5.41, 5.74) is 2.44. The standard InChI is InChI=1S/C20H24N2O3/c1-21-10-12-22(13-11-21)14-18-4-2-3-5-19(18)25-15-16-6-8-17(9-7-16)20(23)24/h2-9H,10-15H2,1H3,(H,23,24). The maximum atomic E-state index is 10.9. The Labute approximate surface area is 148 Å². The number of carbonyl (C=O) groups is 1. The number of para-hydroxylation sites is 1. The molecule has 1 saturated heterocycles. The predicted molar refractivity (Wildman–Crippen MR) is 96.9 cm³/mol. The summed E-state index contributed by atoms with van der Waals surface area (Å²) in [7, 11) is 2.16. The Bertz CT molecular complexity index is 707. The molecule has 25 heavy (non-hydrogen) atoms. The third kappa shape index (κ3) is 4.81. The van der Waals surface area contributed by atoms with Crippen LogP contribution in [0.1, 0.15) is 21.5 Å². The summed E-state index contributed by atoms with van der Waals surface area (Å²) in [6.07, 6.45) is 0. The average Bonchev–Trinajstić information content (AvgIpc) is 2.63. The van der Waals surface area contributed by atoms with Gasteiger partial charge in [0.25, 0.3) is 0 Å². The fourth-order valence-corrected chi connectivity index (χ4v) is 2.93. The molecular formula is C20H24N2O3. The Kier molecular flexibility index (Phi) is 5.68. The van der Waals surface area contributed by atoms with Crippen LogP contribution >= 0.6 is 0 Å². The molecule has 0 unspecified atom stereocenters. The Morgan fingerprint density at radius 3 is 2.40 bits per heavy atom. The molecule has 1 N–H and O–H groups in total. The number of piperazine rings is 1. The molecule has 1 aliphatic rings. The molecule has 1 fully saturated rings. The zero-order valence-corrected chi connectivity index (χ0v) is 14.5. The molecule has 5 heteroatoms. The van der Waals surface area contributed by atoms with Gasteiger partial charge >= 0.3 is 5.97 Å². The van der Waals surface area contributed by atoms with Crippen molar-refractivity contribution < 1.29 is 14.6 Å². The lowest BCUT2D eigenvalue weighted by molar-refractivity contribution is 0.0697. The van der Waals surface area contributed by atoms with Gasteiger partial charge in [-0.25, -0.2) is 4.79 Å². The molecule has 0 aromatic heterocycles. The van der Waals surface area contributed by atoms with Crippen LogP contribution < -0.4 is 4.74 Å². The molecule has 0 spiro atoms. The summed E-state index contributed by atoms with van der Waals surface area (Å²) in [6.45, 7) is 5.66. The largest absolute Gasteiger partial charge is 0.489 e. The number of hydrogen-bond donors (Lipinski definition) is 1. The highest BCUT2D eigenvalue weighted by Crippen LogP contribution is 2.22. The molecule has 132 valence electrons. The van der Waals surface area contributed by atoms with Crippen LogP contribution in [0.15, 0.2) is 48.5 Å². The molecule has 0 bridgehead atoms. The first-order chi connectivity index (χ1) is 12.1. The van der Waals surface area contributed by atoms with E-state index in [9.17, 15) is 4.79 Å². The van der Waals surface area contributed by atoms with E-state index in [1.54, 1.807) is 24.3 Å². The van der Waals surface area contributed by atoms with E-state index >= 15 is 0 Å². The molecule has 0 atom stereocenters. The van der Waals surface area contributed by atoms with Gasteiger partial charge < -0.3 is 14.7 Å². The molecule has 1 heterocycles. The first-order valence-corrected chi connectivity index (χ1v) is 8.55. The van der Waals surface area contributed by atoms with Gasteiger partial charge in [0, 0.05) is 38.3 Å². The Morgan fingerprint density at radius 1 is 1.04 bits per heavy atom. The molecule has 5 nitrogen and oxygen atoms in total. The normalized spacial score (nSPS) is 15.9. The van der Waals surface area contributed by atoms with E-state index in [2.05, 4.69) is 22.9 Å². The smallest absolute Gasteiger partial charge is 0.335 e. The Hall–Kier alpha value is -2.37. The number of aromatic carboxylic acids is 1. The SMILES string of the molecule is CN1CCN(Cc2ccccc2OCc2ccc(C(=O)O)cc2)CC1. The molecule has 0 saturated carbocycles. The van der Waals surface area contributed by atoms with Crippen molar-refractivity contribution in [2.75, 3.05) is 33.2 Å². The quantitative estimate of drug-likeness (QED) is 0.876. The van der Waals surface area contributed by atoms with Gasteiger partial charge in [0.2, 0.25) is 0 Å². The summed E-state index contributed by atoms with van der Waals surface area (Å²) in [5.74, 6) is -0.0197. The highest BCUT2D eigenvalue weighted by molar-refractivity contribution is 5.87. The number of rotatable bonds is 6. The number of benzene rings is 2. The monoisotopic (exact) mass is 340 g/mol. The molecule has 0 radical (unpaired) electrons. The predicted octanol–water partition coefficient (Wildman–Crippen LogP) is 2.71. The number of likely N-dealkylation sites (N-methyl/N-ethyl adjacent to an activating group) is 1. The first kappa shape index (κ1) is 17.5. The van der Waals surface area contributed by atoms with Gasteiger partial charge in [-0.2, -0.15) is 0 Å². The van der Waals surface area contributed by atoms with Crippen molar-refractivity contribution in [1.29, 1.82) is 0 Å². The van der Waals surface area contributed by atoms with Gasteiger partial charge in [0.1, 0.15) is 12.4 Å². The zero-order chi connectivity index (χ0) is 17.6. The van der Waals surface area contributed by atoms with Gasteiger partial charge in [-0.1, -0.05) is 30.3 Å². The second kappa shape index (κ2) is 8.14. The van der Waals surface area contributed by atoms with E-state index in [4.69, 9.17) is 9.84 Å². The van der Waals surface area contributed by atoms with E-state index in [-0.39, 0.29) is 0 Å². The lowest BCUT2D eigenvalue weighted by Gasteiger charge is -2.32. The van der Waals surface area contributed by atoms with Crippen LogP contribution in [-0.4, -0.2) is 54.1 Å². The number of hydrogen-bond acceptors (Lipinski definition) is 4. The minimum absolute atomic E-state index is 0.291. The van der Waals surface area contributed by atoms with E-state index in [1.807, 2.05) is 18.2 Å². The summed E-state index contributed by atoms with van der Waals surface area (Å²) < 4.78 is 6.00. The first-order valence-electron chi connectivity index (χ1n) is 8.55. The fraction of sp³-hybridized carbons (Fsp3) is 0.350. The summed E-state index contributed by atoms with van der Waals surface area (Å²) in [6, 6.07) is 14.9. The minimum Gasteiger partial charge on any atom is -0.489 e. The van der Waals surface area contributed by atoms with Crippen LogP contribution in [0.2, 0.25) is 0 Å². The lowest BCUT2D eigenvalue weighted by atomic mass is 10.1. The highest BCUT2D eigenvalue weighted by atomic mass is 16.5. The van der Waals surface area contributed by atoms with Crippen molar-refractivity contribution in [3.63, 3.8) is 0 Å². The third-order valence-electron chi connectivity index (χ3n) is 4.56. The highest BCUT2D eigenvalue weighted by Gasteiger charge is 2.15. The Balaban J connectivity index is 1.61. The maximum absolute atomic E-state index is 10.9. The summed E-state index contributed by atoms with van der Waals surface area (Å²) in [4.78, 5) is 15.7. The van der Waals surface area contributed by atoms with Crippen molar-refractivity contribution in [3.05, 3.63) is 65.2 Å². The van der Waals surface area contributed by atoms with Crippen molar-refractivity contribution in [1.82, 2.24) is 9.80 Å². The fourth-order valence-electron chi connectivity index (χ4n) is 2.93. The molecule has 0 amide bonds. The minimum atomic E-state index is -0.912. The number of carboxylic acids is 1. The molecule has 0 aliphatic carbocycles. The van der Waals surface area contributed by atoms with Gasteiger partial charge in [0.15, 0.2) is 0 Å². The molecule has 3 rings (SSSR count). The second-order valence-electron chi connectivity index (χ2n) is 6.48. The van der Waals surface area contributed by atoms with Gasteiger partial charge in [-0.15, -0.1) is 0 Å². The zero-order valence-electron chi connectivity index (χ0n) is 14.5. The molecule has 2 aromatic carbocycles. The van der Waals surface area contributed by atoms with Gasteiger partial charge in [-0.3, -0.25) is 4.90 Å². The molecule has 2 aromatic rings. The average molecular weight is 340 g/mol. The Morgan fingerprint density at radius 2 is 1.72 bits per heavy atom. The topological polar surface area (TPSA) is 53.0 Å². The van der Waals surface area contributed by atoms with Crippen LogP contribution in [-0.2, 0) is 13.2 Å². The van der Waals surface area contributed by atoms with Crippen molar-refractivity contribution in [2.45, 2.75) is 13.2 Å². The van der Waals surface area contributed by atoms with Crippen molar-refractivity contribution in [2.24, 2.45) is 0 Å². The van der Waals surface area contributed by atoms with E-state index in [0.717, 1.165) is 44.0 Å². The van der Waals surface area contributed by atoms with Crippen molar-refractivity contribution in [3.8, 4) is 5.75 Å². The molecule has 1 aliphatic heterocycles. The number of carboxylic acid groups (broad SMARTS) is 1. The number of nitrogens with zero attached hydrogens (tertiary/aromatic N) is 2. The van der Waals surface area contributed by atoms with Crippen molar-refractivity contribution >= 4 is 5.97 Å². The van der Waals surface area contributed by atoms with Gasteiger partial charge in [-0.05, 0) is 30.8 Å². The lowest BCUT2D eigenvalue weighted by Crippen LogP contribution is -2.43. The number of ether oxygens (including phenoxy) is 1. The summed E-state index contributed by atoms with van der Waals surface area (Å²) in [5, 5.41) is 8.95. The molecular weight excluding hydrogens is 316 g/mol. The summed E-state index contributed by atoms with van der Waals surface area (Å²) >= 11 is 0. The van der Waals surface area contributed by atoms with Crippen LogP contribution in [0.3, 0.4) is 0 Å². The maximum Gasteiger partial charge on any atom is 0.335 e. The van der Waals surface area contributed by atoms with Gasteiger partial charge in [0.05, 0.1) is 5.56 Å². The van der Waals surface area contributed by atoms with Crippen LogP contribution in [0, 0.1) is 0 Å². The van der Waals surface area contributed by atoms with Crippen LogP contribution in [0.25, 0.3) is 0 Å². The third-order valence-corrected chi connectivity index (χ3v) is 4.56. The second-order valence-corrected chi connectivity index (χ2v) is 6.48. The van der Waals surface area contributed by atoms with Crippen LogP contribution in [0.5, 0.6) is 5.75 Å².